The maximum absolute atomic E-state index is 15.3. The summed E-state index contributed by atoms with van der Waals surface area (Å²) in [6, 6.07) is 0. The second-order valence-electron chi connectivity index (χ2n) is 7.67. The van der Waals surface area contributed by atoms with E-state index in [1.165, 1.54) is 0 Å². The van der Waals surface area contributed by atoms with Crippen LogP contribution in [0, 0.1) is 0 Å². The van der Waals surface area contributed by atoms with Gasteiger partial charge >= 0.3 is 18.3 Å². The van der Waals surface area contributed by atoms with Gasteiger partial charge in [0.2, 0.25) is 0 Å². The first-order chi connectivity index (χ1) is 13.6. The minimum absolute atomic E-state index is 0.212. The number of nitrogens with zero attached hydrogens (tertiary/aromatic N) is 1. The van der Waals surface area contributed by atoms with Crippen LogP contribution in [0.15, 0.2) is 0 Å². The summed E-state index contributed by atoms with van der Waals surface area (Å²) in [5.74, 6) is -5.27. The van der Waals surface area contributed by atoms with Gasteiger partial charge in [-0.15, -0.1) is 0 Å². The molecule has 0 saturated carbocycles. The van der Waals surface area contributed by atoms with E-state index in [-0.39, 0.29) is 25.9 Å². The highest BCUT2D eigenvalue weighted by Gasteiger charge is 2.70. The summed E-state index contributed by atoms with van der Waals surface area (Å²) in [5, 5.41) is 0. The third-order valence-corrected chi connectivity index (χ3v) is 5.53. The maximum atomic E-state index is 15.3. The van der Waals surface area contributed by atoms with Crippen LogP contribution in [0.4, 0.5) is 48.3 Å². The lowest BCUT2D eigenvalue weighted by molar-refractivity contribution is -0.334. The largest absolute Gasteiger partial charge is 0.429 e. The third kappa shape index (κ3) is 4.97. The van der Waals surface area contributed by atoms with Crippen molar-refractivity contribution in [3.05, 3.63) is 0 Å². The molecule has 2 fully saturated rings. The Labute approximate surface area is 165 Å². The molecule has 0 aliphatic carbocycles. The van der Waals surface area contributed by atoms with Gasteiger partial charge in [0.05, 0.1) is 0 Å². The fourth-order valence-electron chi connectivity index (χ4n) is 3.86. The number of likely N-dealkylation sites (tertiary alicyclic amines) is 1. The van der Waals surface area contributed by atoms with Gasteiger partial charge in [0.15, 0.2) is 6.30 Å². The molecule has 0 bridgehead atoms. The highest BCUT2D eigenvalue weighted by atomic mass is 19.4. The highest BCUT2D eigenvalue weighted by Crippen LogP contribution is 2.49. The van der Waals surface area contributed by atoms with Gasteiger partial charge in [-0.2, -0.15) is 26.3 Å². The van der Waals surface area contributed by atoms with E-state index in [0.717, 1.165) is 0 Å². The number of hydrogen-bond donors (Lipinski definition) is 0. The summed E-state index contributed by atoms with van der Waals surface area (Å²) in [4.78, 5) is 0.597. The number of alkyl halides is 11. The van der Waals surface area contributed by atoms with Gasteiger partial charge in [-0.05, 0) is 32.1 Å². The zero-order valence-corrected chi connectivity index (χ0v) is 15.7. The Bertz CT molecular complexity index is 559. The molecule has 178 valence electrons. The molecule has 0 radical (unpaired) electrons. The van der Waals surface area contributed by atoms with Crippen LogP contribution >= 0.6 is 0 Å². The average molecular weight is 465 g/mol. The molecular formula is C17H22F11NO. The van der Waals surface area contributed by atoms with Gasteiger partial charge in [0.1, 0.15) is 12.2 Å². The standard InChI is InChI=1S/C17H22F11NO/c18-12(16(23,24)25)15(21,22)11-7-5-6-10(30-11)14(20,17(26,27)28)13(19)29-8-3-1-2-4-9-29/h10-13H,1-9H2. The molecule has 2 nitrogen and oxygen atoms in total. The molecule has 2 heterocycles. The van der Waals surface area contributed by atoms with Crippen LogP contribution < -0.4 is 0 Å². The molecule has 2 aliphatic rings. The molecule has 0 spiro atoms. The number of ether oxygens (including phenoxy) is 1. The van der Waals surface area contributed by atoms with E-state index in [1.807, 2.05) is 0 Å². The summed E-state index contributed by atoms with van der Waals surface area (Å²) in [6.45, 7) is -0.425. The molecule has 5 atom stereocenters. The van der Waals surface area contributed by atoms with Crippen LogP contribution in [0.2, 0.25) is 0 Å². The lowest BCUT2D eigenvalue weighted by Gasteiger charge is -2.45. The van der Waals surface area contributed by atoms with Gasteiger partial charge in [0, 0.05) is 13.1 Å². The van der Waals surface area contributed by atoms with Gasteiger partial charge in [-0.25, -0.2) is 22.0 Å². The van der Waals surface area contributed by atoms with Crippen molar-refractivity contribution in [1.29, 1.82) is 0 Å². The molecule has 30 heavy (non-hydrogen) atoms. The van der Waals surface area contributed by atoms with E-state index in [1.54, 1.807) is 0 Å². The van der Waals surface area contributed by atoms with Crippen molar-refractivity contribution in [2.75, 3.05) is 13.1 Å². The van der Waals surface area contributed by atoms with Crippen molar-refractivity contribution >= 4 is 0 Å². The number of halogens is 11. The lowest BCUT2D eigenvalue weighted by atomic mass is 9.87. The molecule has 0 amide bonds. The maximum Gasteiger partial charge on any atom is 0.429 e. The predicted molar refractivity (Wildman–Crippen MR) is 83.2 cm³/mol. The third-order valence-electron chi connectivity index (χ3n) is 5.53. The lowest BCUT2D eigenvalue weighted by Crippen LogP contribution is -2.65. The van der Waals surface area contributed by atoms with Crippen LogP contribution in [0.5, 0.6) is 0 Å². The summed E-state index contributed by atoms with van der Waals surface area (Å²) in [7, 11) is 0. The van der Waals surface area contributed by atoms with Crippen molar-refractivity contribution in [3.63, 3.8) is 0 Å². The van der Waals surface area contributed by atoms with E-state index in [0.29, 0.717) is 17.7 Å². The Morgan fingerprint density at radius 1 is 0.700 bits per heavy atom. The smallest absolute Gasteiger partial charge is 0.365 e. The van der Waals surface area contributed by atoms with Gasteiger partial charge in [0.25, 0.3) is 11.8 Å². The van der Waals surface area contributed by atoms with E-state index in [2.05, 4.69) is 4.74 Å². The fourth-order valence-corrected chi connectivity index (χ4v) is 3.86. The van der Waals surface area contributed by atoms with Gasteiger partial charge in [-0.3, -0.25) is 4.90 Å². The van der Waals surface area contributed by atoms with Crippen molar-refractivity contribution in [2.45, 2.75) is 93.6 Å². The van der Waals surface area contributed by atoms with Crippen LogP contribution in [-0.4, -0.2) is 66.6 Å². The number of hydrogen-bond acceptors (Lipinski definition) is 2. The first kappa shape index (κ1) is 25.4. The zero-order valence-electron chi connectivity index (χ0n) is 15.7. The summed E-state index contributed by atoms with van der Waals surface area (Å²) in [5.41, 5.74) is -4.77. The quantitative estimate of drug-likeness (QED) is 0.370. The van der Waals surface area contributed by atoms with Gasteiger partial charge in [-0.1, -0.05) is 12.8 Å². The molecule has 0 aromatic heterocycles. The minimum Gasteiger partial charge on any atom is -0.365 e. The highest BCUT2D eigenvalue weighted by molar-refractivity contribution is 5.04. The van der Waals surface area contributed by atoms with E-state index in [9.17, 15) is 43.9 Å². The van der Waals surface area contributed by atoms with E-state index < -0.39 is 67.9 Å². The number of rotatable bonds is 5. The Balaban J connectivity index is 2.31. The molecule has 2 saturated heterocycles. The van der Waals surface area contributed by atoms with Crippen molar-refractivity contribution < 1.29 is 53.0 Å². The normalized spacial score (nSPS) is 29.7. The molecule has 13 heteroatoms. The van der Waals surface area contributed by atoms with Crippen molar-refractivity contribution in [2.24, 2.45) is 0 Å². The molecular weight excluding hydrogens is 443 g/mol. The van der Waals surface area contributed by atoms with Crippen LogP contribution in [0.3, 0.4) is 0 Å². The Hall–Kier alpha value is -0.850. The molecule has 5 unspecified atom stereocenters. The fraction of sp³-hybridized carbons (Fsp3) is 1.00. The van der Waals surface area contributed by atoms with Crippen LogP contribution in [0.25, 0.3) is 0 Å². The molecule has 2 rings (SSSR count). The zero-order chi connectivity index (χ0) is 23.0. The van der Waals surface area contributed by atoms with Crippen LogP contribution in [-0.2, 0) is 4.74 Å². The molecule has 0 N–H and O–H groups in total. The molecule has 2 aliphatic heterocycles. The van der Waals surface area contributed by atoms with Gasteiger partial charge < -0.3 is 4.74 Å². The second-order valence-corrected chi connectivity index (χ2v) is 7.67. The minimum atomic E-state index is -6.01. The Morgan fingerprint density at radius 2 is 1.20 bits per heavy atom. The SMILES string of the molecule is FC(C(F)(F)F)C(F)(F)C1CCCC(C(F)(C(F)N2CCCCCC2)C(F)(F)F)O1. The first-order valence-electron chi connectivity index (χ1n) is 9.51. The second kappa shape index (κ2) is 8.95. The Kier molecular flexibility index (Phi) is 7.58. The van der Waals surface area contributed by atoms with E-state index >= 15 is 4.39 Å². The summed E-state index contributed by atoms with van der Waals surface area (Å²) < 4.78 is 154. The topological polar surface area (TPSA) is 12.5 Å². The Morgan fingerprint density at radius 3 is 1.67 bits per heavy atom. The van der Waals surface area contributed by atoms with E-state index in [4.69, 9.17) is 0 Å². The van der Waals surface area contributed by atoms with Crippen molar-refractivity contribution in [3.8, 4) is 0 Å². The predicted octanol–water partition coefficient (Wildman–Crippen LogP) is 5.90. The summed E-state index contributed by atoms with van der Waals surface area (Å²) in [6.07, 6.45) is -26.5. The molecule has 0 aromatic carbocycles. The first-order valence-corrected chi connectivity index (χ1v) is 9.51. The summed E-state index contributed by atoms with van der Waals surface area (Å²) >= 11 is 0. The monoisotopic (exact) mass is 465 g/mol. The average Bonchev–Trinajstić information content (AvgIpc) is 2.94. The van der Waals surface area contributed by atoms with Crippen LogP contribution in [0.1, 0.15) is 44.9 Å². The molecule has 0 aromatic rings. The van der Waals surface area contributed by atoms with Crippen molar-refractivity contribution in [1.82, 2.24) is 4.90 Å².